The van der Waals surface area contributed by atoms with Gasteiger partial charge in [0.25, 0.3) is 0 Å². The van der Waals surface area contributed by atoms with Gasteiger partial charge in [-0.3, -0.25) is 4.98 Å². The molecule has 0 aliphatic rings. The van der Waals surface area contributed by atoms with Gasteiger partial charge < -0.3 is 4.98 Å². The number of pyridine rings is 1. The number of rotatable bonds is 1. The van der Waals surface area contributed by atoms with Crippen molar-refractivity contribution in [3.63, 3.8) is 0 Å². The highest BCUT2D eigenvalue weighted by molar-refractivity contribution is 6.32. The van der Waals surface area contributed by atoms with Gasteiger partial charge in [0.2, 0.25) is 0 Å². The van der Waals surface area contributed by atoms with Crippen molar-refractivity contribution in [1.82, 2.24) is 9.97 Å². The molecule has 2 heterocycles. The fourth-order valence-corrected chi connectivity index (χ4v) is 3.01. The topological polar surface area (TPSA) is 28.7 Å². The van der Waals surface area contributed by atoms with Crippen LogP contribution in [0.25, 0.3) is 33.1 Å². The highest BCUT2D eigenvalue weighted by Gasteiger charge is 2.11. The second-order valence-corrected chi connectivity index (χ2v) is 5.78. The zero-order valence-corrected chi connectivity index (χ0v) is 12.4. The van der Waals surface area contributed by atoms with E-state index in [1.54, 1.807) is 0 Å². The van der Waals surface area contributed by atoms with Crippen LogP contribution in [-0.4, -0.2) is 9.97 Å². The lowest BCUT2D eigenvalue weighted by Crippen LogP contribution is -1.84. The zero-order valence-electron chi connectivity index (χ0n) is 10.9. The largest absolute Gasteiger partial charge is 0.353 e. The molecule has 4 aromatic rings. The minimum atomic E-state index is 0.699. The Kier molecular flexibility index (Phi) is 2.88. The van der Waals surface area contributed by atoms with E-state index in [-0.39, 0.29) is 0 Å². The van der Waals surface area contributed by atoms with Crippen LogP contribution in [0.1, 0.15) is 0 Å². The van der Waals surface area contributed by atoms with Crippen molar-refractivity contribution in [2.75, 3.05) is 0 Å². The summed E-state index contributed by atoms with van der Waals surface area (Å²) in [6.07, 6.45) is 1.81. The van der Waals surface area contributed by atoms with E-state index < -0.39 is 0 Å². The molecule has 4 heteroatoms. The molecule has 2 nitrogen and oxygen atoms in total. The first-order valence-electron chi connectivity index (χ1n) is 6.54. The quantitative estimate of drug-likeness (QED) is 0.480. The predicted molar refractivity (Wildman–Crippen MR) is 89.1 cm³/mol. The van der Waals surface area contributed by atoms with Crippen molar-refractivity contribution in [2.24, 2.45) is 0 Å². The lowest BCUT2D eigenvalue weighted by atomic mass is 10.1. The van der Waals surface area contributed by atoms with Crippen LogP contribution in [0.5, 0.6) is 0 Å². The molecule has 2 aromatic carbocycles. The van der Waals surface area contributed by atoms with Gasteiger partial charge in [-0.2, -0.15) is 0 Å². The van der Waals surface area contributed by atoms with Gasteiger partial charge in [-0.15, -0.1) is 0 Å². The fraction of sp³-hybridized carbons (Fsp3) is 0. The first-order valence-corrected chi connectivity index (χ1v) is 7.30. The summed E-state index contributed by atoms with van der Waals surface area (Å²) in [5, 5.41) is 3.63. The normalized spacial score (nSPS) is 11.3. The van der Waals surface area contributed by atoms with E-state index in [2.05, 4.69) is 9.97 Å². The lowest BCUT2D eigenvalue weighted by molar-refractivity contribution is 1.34. The van der Waals surface area contributed by atoms with Crippen molar-refractivity contribution in [1.29, 1.82) is 0 Å². The van der Waals surface area contributed by atoms with Gasteiger partial charge in [-0.1, -0.05) is 35.3 Å². The van der Waals surface area contributed by atoms with E-state index in [1.165, 1.54) is 0 Å². The monoisotopic (exact) mass is 312 g/mol. The Morgan fingerprint density at radius 2 is 1.71 bits per heavy atom. The summed E-state index contributed by atoms with van der Waals surface area (Å²) < 4.78 is 0. The summed E-state index contributed by atoms with van der Waals surface area (Å²) in [4.78, 5) is 7.94. The number of nitrogens with zero attached hydrogens (tertiary/aromatic N) is 1. The number of aromatic amines is 1. The standard InChI is InChI=1S/C17H10Cl2N2/c18-11-3-1-2-10(8-11)16-17-13(6-7-20-16)14-9-12(19)4-5-15(14)21-17/h1-9,21H. The van der Waals surface area contributed by atoms with Crippen LogP contribution >= 0.6 is 23.2 Å². The Bertz CT molecular complexity index is 973. The molecule has 0 atom stereocenters. The molecule has 0 unspecified atom stereocenters. The third-order valence-corrected chi connectivity index (χ3v) is 4.05. The van der Waals surface area contributed by atoms with Crippen molar-refractivity contribution in [2.45, 2.75) is 0 Å². The number of halogens is 2. The second-order valence-electron chi connectivity index (χ2n) is 4.91. The van der Waals surface area contributed by atoms with Crippen LogP contribution < -0.4 is 0 Å². The summed E-state index contributed by atoms with van der Waals surface area (Å²) in [6.45, 7) is 0. The number of hydrogen-bond donors (Lipinski definition) is 1. The maximum absolute atomic E-state index is 6.11. The van der Waals surface area contributed by atoms with Gasteiger partial charge in [-0.05, 0) is 36.4 Å². The lowest BCUT2D eigenvalue weighted by Gasteiger charge is -2.03. The minimum absolute atomic E-state index is 0.699. The first kappa shape index (κ1) is 12.7. The van der Waals surface area contributed by atoms with E-state index in [1.807, 2.05) is 54.7 Å². The Morgan fingerprint density at radius 1 is 0.857 bits per heavy atom. The highest BCUT2D eigenvalue weighted by Crippen LogP contribution is 2.33. The molecule has 0 amide bonds. The number of nitrogens with one attached hydrogen (secondary N) is 1. The molecule has 102 valence electrons. The fourth-order valence-electron chi connectivity index (χ4n) is 2.65. The molecule has 21 heavy (non-hydrogen) atoms. The number of hydrogen-bond acceptors (Lipinski definition) is 1. The van der Waals surface area contributed by atoms with Crippen LogP contribution in [0.4, 0.5) is 0 Å². The molecular formula is C17H10Cl2N2. The maximum Gasteiger partial charge on any atom is 0.0943 e. The predicted octanol–water partition coefficient (Wildman–Crippen LogP) is 5.69. The van der Waals surface area contributed by atoms with Crippen molar-refractivity contribution >= 4 is 45.0 Å². The smallest absolute Gasteiger partial charge is 0.0943 e. The van der Waals surface area contributed by atoms with Crippen LogP contribution in [0, 0.1) is 0 Å². The third kappa shape index (κ3) is 2.08. The molecular weight excluding hydrogens is 303 g/mol. The Labute approximate surface area is 131 Å². The van der Waals surface area contributed by atoms with E-state index in [0.717, 1.165) is 38.1 Å². The second kappa shape index (κ2) is 4.76. The molecule has 0 aliphatic heterocycles. The molecule has 0 saturated heterocycles. The summed E-state index contributed by atoms with van der Waals surface area (Å²) in [5.41, 5.74) is 3.93. The van der Waals surface area contributed by atoms with Gasteiger partial charge in [0.05, 0.1) is 11.2 Å². The molecule has 0 radical (unpaired) electrons. The van der Waals surface area contributed by atoms with E-state index >= 15 is 0 Å². The third-order valence-electron chi connectivity index (χ3n) is 3.58. The molecule has 0 fully saturated rings. The van der Waals surface area contributed by atoms with Crippen LogP contribution in [0.2, 0.25) is 10.0 Å². The molecule has 2 aromatic heterocycles. The Balaban J connectivity index is 2.09. The molecule has 0 saturated carbocycles. The van der Waals surface area contributed by atoms with Gasteiger partial charge in [0, 0.05) is 38.1 Å². The van der Waals surface area contributed by atoms with Gasteiger partial charge in [0.15, 0.2) is 0 Å². The highest BCUT2D eigenvalue weighted by atomic mass is 35.5. The Morgan fingerprint density at radius 3 is 2.57 bits per heavy atom. The van der Waals surface area contributed by atoms with Crippen LogP contribution in [-0.2, 0) is 0 Å². The van der Waals surface area contributed by atoms with Gasteiger partial charge >= 0.3 is 0 Å². The van der Waals surface area contributed by atoms with Crippen molar-refractivity contribution < 1.29 is 0 Å². The summed E-state index contributed by atoms with van der Waals surface area (Å²) in [6, 6.07) is 15.5. The van der Waals surface area contributed by atoms with Crippen molar-refractivity contribution in [3.8, 4) is 11.3 Å². The number of aromatic nitrogens is 2. The summed E-state index contributed by atoms with van der Waals surface area (Å²) in [7, 11) is 0. The molecule has 4 rings (SSSR count). The first-order chi connectivity index (χ1) is 10.2. The van der Waals surface area contributed by atoms with E-state index in [9.17, 15) is 0 Å². The van der Waals surface area contributed by atoms with Gasteiger partial charge in [0.1, 0.15) is 0 Å². The molecule has 1 N–H and O–H groups in total. The Hall–Kier alpha value is -2.03. The number of fused-ring (bicyclic) bond motifs is 3. The summed E-state index contributed by atoms with van der Waals surface area (Å²) in [5.74, 6) is 0. The number of benzene rings is 2. The molecule has 0 spiro atoms. The number of H-pyrrole nitrogens is 1. The van der Waals surface area contributed by atoms with E-state index in [0.29, 0.717) is 5.02 Å². The SMILES string of the molecule is Clc1cccc(-c2nccc3c2[nH]c2ccc(Cl)cc23)c1. The summed E-state index contributed by atoms with van der Waals surface area (Å²) >= 11 is 12.2. The molecule has 0 bridgehead atoms. The average molecular weight is 313 g/mol. The maximum atomic E-state index is 6.11. The zero-order chi connectivity index (χ0) is 14.4. The minimum Gasteiger partial charge on any atom is -0.353 e. The van der Waals surface area contributed by atoms with Gasteiger partial charge in [-0.25, -0.2) is 0 Å². The molecule has 0 aliphatic carbocycles. The van der Waals surface area contributed by atoms with E-state index in [4.69, 9.17) is 23.2 Å². The van der Waals surface area contributed by atoms with Crippen molar-refractivity contribution in [3.05, 3.63) is 64.8 Å². The average Bonchev–Trinajstić information content (AvgIpc) is 2.85. The van der Waals surface area contributed by atoms with Crippen LogP contribution in [0.15, 0.2) is 54.7 Å². The van der Waals surface area contributed by atoms with Crippen LogP contribution in [0.3, 0.4) is 0 Å².